The summed E-state index contributed by atoms with van der Waals surface area (Å²) in [6.45, 7) is -0.0763. The molecule has 1 fully saturated rings. The Hall–Kier alpha value is -5.20. The van der Waals surface area contributed by atoms with Crippen LogP contribution in [0, 0.1) is 11.6 Å². The van der Waals surface area contributed by atoms with Crippen LogP contribution < -0.4 is 24.8 Å². The summed E-state index contributed by atoms with van der Waals surface area (Å²) in [5, 5.41) is 4.81. The Morgan fingerprint density at radius 3 is 2.55 bits per heavy atom. The van der Waals surface area contributed by atoms with Gasteiger partial charge >= 0.3 is 6.09 Å². The van der Waals surface area contributed by atoms with Gasteiger partial charge in [0.1, 0.15) is 35.7 Å². The van der Waals surface area contributed by atoms with E-state index in [-0.39, 0.29) is 66.1 Å². The highest BCUT2D eigenvalue weighted by Gasteiger charge is 2.41. The topological polar surface area (TPSA) is 132 Å². The monoisotopic (exact) mass is 581 g/mol. The molecule has 2 heterocycles. The van der Waals surface area contributed by atoms with Gasteiger partial charge in [0.15, 0.2) is 11.6 Å². The number of nitrogens with zero attached hydrogens (tertiary/aromatic N) is 1. The fraction of sp³-hybridized carbons (Fsp3) is 0.241. The number of carbonyl (C=O) groups is 4. The Morgan fingerprint density at radius 1 is 1.02 bits per heavy atom. The van der Waals surface area contributed by atoms with Crippen LogP contribution in [-0.4, -0.2) is 49.0 Å². The first kappa shape index (κ1) is 28.3. The van der Waals surface area contributed by atoms with E-state index in [1.165, 1.54) is 37.3 Å². The third kappa shape index (κ3) is 5.66. The number of nitrogens with one attached hydrogen (secondary N) is 2. The van der Waals surface area contributed by atoms with Gasteiger partial charge in [-0.2, -0.15) is 0 Å². The van der Waals surface area contributed by atoms with Crippen LogP contribution in [0.15, 0.2) is 48.5 Å². The minimum absolute atomic E-state index is 0.134. The van der Waals surface area contributed by atoms with Crippen molar-refractivity contribution in [1.29, 1.82) is 0 Å². The molecule has 1 unspecified atom stereocenters. The van der Waals surface area contributed by atoms with E-state index < -0.39 is 35.6 Å². The number of carbonyl (C=O) groups excluding carboxylic acids is 4. The lowest BCUT2D eigenvalue weighted by Crippen LogP contribution is -2.52. The van der Waals surface area contributed by atoms with Gasteiger partial charge < -0.3 is 23.8 Å². The Morgan fingerprint density at radius 2 is 1.83 bits per heavy atom. The van der Waals surface area contributed by atoms with Crippen molar-refractivity contribution in [2.24, 2.45) is 0 Å². The predicted molar refractivity (Wildman–Crippen MR) is 142 cm³/mol. The van der Waals surface area contributed by atoms with E-state index >= 15 is 0 Å². The fourth-order valence-corrected chi connectivity index (χ4v) is 4.82. The Kier molecular flexibility index (Phi) is 7.91. The summed E-state index contributed by atoms with van der Waals surface area (Å²) in [6, 6.07) is 9.78. The quantitative estimate of drug-likeness (QED) is 0.377. The van der Waals surface area contributed by atoms with Crippen LogP contribution in [0.1, 0.15) is 34.3 Å². The molecule has 13 heteroatoms. The van der Waals surface area contributed by atoms with Crippen LogP contribution in [0.4, 0.5) is 19.3 Å². The number of benzene rings is 3. The number of imide groups is 1. The van der Waals surface area contributed by atoms with E-state index in [1.807, 2.05) is 0 Å². The van der Waals surface area contributed by atoms with Gasteiger partial charge in [-0.3, -0.25) is 25.0 Å². The second kappa shape index (κ2) is 11.7. The fourth-order valence-electron chi connectivity index (χ4n) is 4.82. The molecule has 218 valence electrons. The molecule has 0 spiro atoms. The maximum Gasteiger partial charge on any atom is 0.412 e. The standard InChI is InChI=1S/C29H25F2N3O8/c1-39-23-12-18(42-22-9-5-17(30)11-19(22)31)6-7-20(23)32-29(38)41-14-16-4-3-15-13-34(28(37)25(15)26(16)40-2)21-8-10-24(35)33-27(21)36/h3-7,9,11-12,21H,8,10,13-14H2,1-2H3,(H,32,38)(H,33,35,36). The number of ether oxygens (including phenoxy) is 4. The lowest BCUT2D eigenvalue weighted by atomic mass is 10.0. The predicted octanol–water partition coefficient (Wildman–Crippen LogP) is 4.28. The Bertz CT molecular complexity index is 1600. The van der Waals surface area contributed by atoms with Crippen LogP contribution in [0.5, 0.6) is 23.0 Å². The number of amides is 4. The van der Waals surface area contributed by atoms with Crippen LogP contribution in [-0.2, 0) is 27.5 Å². The van der Waals surface area contributed by atoms with Gasteiger partial charge in [-0.05, 0) is 36.2 Å². The molecule has 0 aromatic heterocycles. The average Bonchev–Trinajstić information content (AvgIpc) is 3.29. The zero-order valence-electron chi connectivity index (χ0n) is 22.5. The lowest BCUT2D eigenvalue weighted by molar-refractivity contribution is -0.136. The molecule has 4 amide bonds. The van der Waals surface area contributed by atoms with Crippen LogP contribution >= 0.6 is 0 Å². The molecular formula is C29H25F2N3O8. The van der Waals surface area contributed by atoms with Crippen molar-refractivity contribution in [1.82, 2.24) is 10.2 Å². The van der Waals surface area contributed by atoms with Crippen molar-refractivity contribution < 1.29 is 46.9 Å². The van der Waals surface area contributed by atoms with Gasteiger partial charge in [-0.15, -0.1) is 0 Å². The third-order valence-corrected chi connectivity index (χ3v) is 6.82. The largest absolute Gasteiger partial charge is 0.495 e. The SMILES string of the molecule is COc1cc(Oc2ccc(F)cc2F)ccc1NC(=O)OCc1ccc2c(c1OC)C(=O)N(C1CCC(=O)NC1=O)C2. The van der Waals surface area contributed by atoms with Crippen molar-refractivity contribution in [2.75, 3.05) is 19.5 Å². The summed E-state index contributed by atoms with van der Waals surface area (Å²) in [5.41, 5.74) is 1.55. The smallest absolute Gasteiger partial charge is 0.412 e. The molecular weight excluding hydrogens is 556 g/mol. The molecule has 11 nitrogen and oxygen atoms in total. The number of halogens is 2. The van der Waals surface area contributed by atoms with Crippen LogP contribution in [0.25, 0.3) is 0 Å². The van der Waals surface area contributed by atoms with E-state index in [9.17, 15) is 28.0 Å². The molecule has 0 aliphatic carbocycles. The molecule has 0 bridgehead atoms. The minimum atomic E-state index is -0.882. The van der Waals surface area contributed by atoms with E-state index in [1.54, 1.807) is 12.1 Å². The zero-order chi connectivity index (χ0) is 30.0. The zero-order valence-corrected chi connectivity index (χ0v) is 22.5. The first-order valence-electron chi connectivity index (χ1n) is 12.8. The van der Waals surface area contributed by atoms with Gasteiger partial charge in [0.05, 0.1) is 25.5 Å². The van der Waals surface area contributed by atoms with Crippen molar-refractivity contribution in [2.45, 2.75) is 32.0 Å². The summed E-state index contributed by atoms with van der Waals surface area (Å²) in [7, 11) is 2.74. The van der Waals surface area contributed by atoms with Crippen LogP contribution in [0.3, 0.4) is 0 Å². The number of fused-ring (bicyclic) bond motifs is 1. The summed E-state index contributed by atoms with van der Waals surface area (Å²) in [6.07, 6.45) is -0.483. The molecule has 3 aromatic carbocycles. The summed E-state index contributed by atoms with van der Waals surface area (Å²) < 4.78 is 48.7. The molecule has 3 aromatic rings. The van der Waals surface area contributed by atoms with E-state index in [4.69, 9.17) is 18.9 Å². The molecule has 0 saturated carbocycles. The first-order valence-corrected chi connectivity index (χ1v) is 12.8. The second-order valence-electron chi connectivity index (χ2n) is 9.43. The van der Waals surface area contributed by atoms with Crippen molar-refractivity contribution in [3.05, 3.63) is 76.9 Å². The van der Waals surface area contributed by atoms with Gasteiger partial charge in [0.25, 0.3) is 5.91 Å². The Labute approximate surface area is 238 Å². The molecule has 42 heavy (non-hydrogen) atoms. The van der Waals surface area contributed by atoms with Gasteiger partial charge in [0.2, 0.25) is 11.8 Å². The summed E-state index contributed by atoms with van der Waals surface area (Å²) >= 11 is 0. The number of rotatable bonds is 8. The van der Waals surface area contributed by atoms with Crippen molar-refractivity contribution in [3.8, 4) is 23.0 Å². The minimum Gasteiger partial charge on any atom is -0.495 e. The maximum atomic E-state index is 13.9. The summed E-state index contributed by atoms with van der Waals surface area (Å²) in [4.78, 5) is 51.2. The number of anilines is 1. The molecule has 5 rings (SSSR count). The molecule has 2 aliphatic rings. The first-order chi connectivity index (χ1) is 20.2. The number of methoxy groups -OCH3 is 2. The molecule has 0 radical (unpaired) electrons. The number of hydrogen-bond donors (Lipinski definition) is 2. The highest BCUT2D eigenvalue weighted by molar-refractivity contribution is 6.06. The normalized spacial score (nSPS) is 16.0. The molecule has 2 aliphatic heterocycles. The van der Waals surface area contributed by atoms with E-state index in [0.29, 0.717) is 17.2 Å². The third-order valence-electron chi connectivity index (χ3n) is 6.82. The lowest BCUT2D eigenvalue weighted by Gasteiger charge is -2.29. The molecule has 1 saturated heterocycles. The van der Waals surface area contributed by atoms with Gasteiger partial charge in [-0.25, -0.2) is 13.6 Å². The molecule has 1 atom stereocenters. The second-order valence-corrected chi connectivity index (χ2v) is 9.43. The van der Waals surface area contributed by atoms with Gasteiger partial charge in [0, 0.05) is 30.7 Å². The maximum absolute atomic E-state index is 13.9. The van der Waals surface area contributed by atoms with Crippen molar-refractivity contribution >= 4 is 29.5 Å². The highest BCUT2D eigenvalue weighted by Crippen LogP contribution is 2.37. The molecule has 2 N–H and O–H groups in total. The summed E-state index contributed by atoms with van der Waals surface area (Å²) in [5.74, 6) is -2.57. The Balaban J connectivity index is 1.25. The average molecular weight is 582 g/mol. The van der Waals surface area contributed by atoms with Crippen molar-refractivity contribution in [3.63, 3.8) is 0 Å². The van der Waals surface area contributed by atoms with E-state index in [2.05, 4.69) is 10.6 Å². The van der Waals surface area contributed by atoms with Gasteiger partial charge in [-0.1, -0.05) is 12.1 Å². The number of hydrogen-bond acceptors (Lipinski definition) is 8. The van der Waals surface area contributed by atoms with E-state index in [0.717, 1.165) is 12.1 Å². The highest BCUT2D eigenvalue weighted by atomic mass is 19.1. The number of piperidine rings is 1. The van der Waals surface area contributed by atoms with Crippen LogP contribution in [0.2, 0.25) is 0 Å².